The van der Waals surface area contributed by atoms with Gasteiger partial charge in [-0.1, -0.05) is 12.1 Å². The Morgan fingerprint density at radius 3 is 2.88 bits per heavy atom. The summed E-state index contributed by atoms with van der Waals surface area (Å²) in [7, 11) is 0. The maximum atomic E-state index is 8.91. The van der Waals surface area contributed by atoms with Crippen molar-refractivity contribution in [1.29, 1.82) is 0 Å². The molecule has 2 rings (SSSR count). The van der Waals surface area contributed by atoms with Crippen LogP contribution in [0.4, 0.5) is 0 Å². The van der Waals surface area contributed by atoms with Gasteiger partial charge in [0.2, 0.25) is 0 Å². The fourth-order valence-corrected chi connectivity index (χ4v) is 2.24. The predicted octanol–water partition coefficient (Wildman–Crippen LogP) is 1.54. The van der Waals surface area contributed by atoms with Crippen LogP contribution < -0.4 is 0 Å². The van der Waals surface area contributed by atoms with E-state index in [1.54, 1.807) is 12.4 Å². The molecule has 0 amide bonds. The van der Waals surface area contributed by atoms with Crippen LogP contribution in [0.25, 0.3) is 0 Å². The van der Waals surface area contributed by atoms with E-state index in [9.17, 15) is 0 Å². The Labute approximate surface area is 101 Å². The van der Waals surface area contributed by atoms with Gasteiger partial charge < -0.3 is 5.21 Å². The van der Waals surface area contributed by atoms with Crippen LogP contribution in [0.5, 0.6) is 0 Å². The molecule has 2 heterocycles. The fraction of sp³-hybridized carbons (Fsp3) is 0.583. The first kappa shape index (κ1) is 12.0. The van der Waals surface area contributed by atoms with E-state index >= 15 is 0 Å². The van der Waals surface area contributed by atoms with Crippen LogP contribution in [0.2, 0.25) is 0 Å². The highest BCUT2D eigenvalue weighted by Gasteiger charge is 2.24. The van der Waals surface area contributed by atoms with E-state index in [0.717, 1.165) is 44.0 Å². The third kappa shape index (κ3) is 3.00. The van der Waals surface area contributed by atoms with Crippen molar-refractivity contribution in [3.05, 3.63) is 24.3 Å². The van der Waals surface area contributed by atoms with Crippen molar-refractivity contribution in [2.45, 2.75) is 26.3 Å². The zero-order valence-electron chi connectivity index (χ0n) is 10.1. The van der Waals surface area contributed by atoms with Gasteiger partial charge in [-0.25, -0.2) is 9.97 Å². The molecule has 1 aliphatic rings. The maximum Gasteiger partial charge on any atom is 0.142 e. The summed E-state index contributed by atoms with van der Waals surface area (Å²) >= 11 is 0. The minimum atomic E-state index is 0.359. The molecule has 0 bridgehead atoms. The molecule has 0 aliphatic carbocycles. The van der Waals surface area contributed by atoms with Gasteiger partial charge in [0.05, 0.1) is 12.3 Å². The van der Waals surface area contributed by atoms with E-state index in [1.165, 1.54) is 0 Å². The first-order chi connectivity index (χ1) is 8.33. The van der Waals surface area contributed by atoms with Gasteiger partial charge in [0.25, 0.3) is 0 Å². The van der Waals surface area contributed by atoms with Gasteiger partial charge in [-0.2, -0.15) is 0 Å². The first-order valence-electron chi connectivity index (χ1n) is 6.02. The predicted molar refractivity (Wildman–Crippen MR) is 64.9 cm³/mol. The molecule has 1 aliphatic heterocycles. The fourth-order valence-electron chi connectivity index (χ4n) is 2.24. The topological polar surface area (TPSA) is 61.6 Å². The first-order valence-corrected chi connectivity index (χ1v) is 6.02. The molecule has 1 N–H and O–H groups in total. The highest BCUT2D eigenvalue weighted by molar-refractivity contribution is 5.87. The second-order valence-corrected chi connectivity index (χ2v) is 4.35. The average Bonchev–Trinajstić information content (AvgIpc) is 2.40. The van der Waals surface area contributed by atoms with Gasteiger partial charge in [0.1, 0.15) is 5.82 Å². The molecular formula is C12H18N4O. The third-order valence-electron chi connectivity index (χ3n) is 3.24. The molecule has 0 aromatic carbocycles. The Morgan fingerprint density at radius 1 is 1.47 bits per heavy atom. The zero-order valence-corrected chi connectivity index (χ0v) is 10.1. The normalized spacial score (nSPS) is 24.1. The summed E-state index contributed by atoms with van der Waals surface area (Å²) in [6, 6.07) is 1.82. The molecule has 92 valence electrons. The van der Waals surface area contributed by atoms with Crippen LogP contribution in [0.1, 0.15) is 25.6 Å². The number of nitrogens with zero attached hydrogens (tertiary/aromatic N) is 4. The zero-order chi connectivity index (χ0) is 12.1. The quantitative estimate of drug-likeness (QED) is 0.636. The maximum absolute atomic E-state index is 8.91. The molecule has 1 unspecified atom stereocenters. The number of piperidine rings is 1. The lowest BCUT2D eigenvalue weighted by molar-refractivity contribution is 0.216. The summed E-state index contributed by atoms with van der Waals surface area (Å²) < 4.78 is 0. The summed E-state index contributed by atoms with van der Waals surface area (Å²) in [5.41, 5.74) is 0.928. The van der Waals surface area contributed by atoms with Crippen LogP contribution >= 0.6 is 0 Å². The number of hydrogen-bond donors (Lipinski definition) is 1. The van der Waals surface area contributed by atoms with E-state index in [-0.39, 0.29) is 0 Å². The standard InChI is InChI=1S/C12H18N4O/c1-2-10-8-16(7-4-11(10)15-17)9-12-13-5-3-6-14-12/h3,5-6,10,17H,2,4,7-9H2,1H3/b15-11+. The summed E-state index contributed by atoms with van der Waals surface area (Å²) in [4.78, 5) is 10.8. The molecule has 5 nitrogen and oxygen atoms in total. The monoisotopic (exact) mass is 234 g/mol. The van der Waals surface area contributed by atoms with Crippen molar-refractivity contribution < 1.29 is 5.21 Å². The van der Waals surface area contributed by atoms with Gasteiger partial charge in [-0.15, -0.1) is 0 Å². The van der Waals surface area contributed by atoms with E-state index in [1.807, 2.05) is 6.07 Å². The second-order valence-electron chi connectivity index (χ2n) is 4.35. The van der Waals surface area contributed by atoms with E-state index < -0.39 is 0 Å². The van der Waals surface area contributed by atoms with Crippen molar-refractivity contribution >= 4 is 5.71 Å². The minimum absolute atomic E-state index is 0.359. The van der Waals surface area contributed by atoms with Gasteiger partial charge in [-0.05, 0) is 12.5 Å². The van der Waals surface area contributed by atoms with Crippen molar-refractivity contribution in [2.24, 2.45) is 11.1 Å². The van der Waals surface area contributed by atoms with Gasteiger partial charge in [0.15, 0.2) is 0 Å². The Balaban J connectivity index is 1.96. The number of rotatable bonds is 3. The molecule has 0 radical (unpaired) electrons. The number of likely N-dealkylation sites (tertiary alicyclic amines) is 1. The lowest BCUT2D eigenvalue weighted by Gasteiger charge is -2.32. The van der Waals surface area contributed by atoms with E-state index in [2.05, 4.69) is 26.9 Å². The molecule has 0 spiro atoms. The molecule has 1 aromatic rings. The molecule has 1 fully saturated rings. The highest BCUT2D eigenvalue weighted by Crippen LogP contribution is 2.18. The molecule has 5 heteroatoms. The van der Waals surface area contributed by atoms with Crippen LogP contribution in [-0.4, -0.2) is 38.9 Å². The summed E-state index contributed by atoms with van der Waals surface area (Å²) in [5.74, 6) is 1.21. The molecule has 1 aromatic heterocycles. The smallest absolute Gasteiger partial charge is 0.142 e. The largest absolute Gasteiger partial charge is 0.411 e. The Hall–Kier alpha value is -1.49. The molecule has 1 saturated heterocycles. The molecular weight excluding hydrogens is 216 g/mol. The Morgan fingerprint density at radius 2 is 2.24 bits per heavy atom. The van der Waals surface area contributed by atoms with Crippen LogP contribution in [0.3, 0.4) is 0 Å². The summed E-state index contributed by atoms with van der Waals surface area (Å²) in [5, 5.41) is 12.3. The van der Waals surface area contributed by atoms with Crippen molar-refractivity contribution in [3.8, 4) is 0 Å². The lowest BCUT2D eigenvalue weighted by Crippen LogP contribution is -2.40. The van der Waals surface area contributed by atoms with Crippen molar-refractivity contribution in [2.75, 3.05) is 13.1 Å². The summed E-state index contributed by atoms with van der Waals surface area (Å²) in [6.45, 7) is 4.73. The van der Waals surface area contributed by atoms with Crippen molar-refractivity contribution in [1.82, 2.24) is 14.9 Å². The molecule has 1 atom stereocenters. The van der Waals surface area contributed by atoms with E-state index in [0.29, 0.717) is 5.92 Å². The summed E-state index contributed by atoms with van der Waals surface area (Å²) in [6.07, 6.45) is 5.38. The van der Waals surface area contributed by atoms with Crippen LogP contribution in [-0.2, 0) is 6.54 Å². The van der Waals surface area contributed by atoms with Gasteiger partial charge in [0, 0.05) is 37.8 Å². The number of aromatic nitrogens is 2. The SMILES string of the molecule is CCC1CN(Cc2ncccn2)CC/C1=N\O. The van der Waals surface area contributed by atoms with Gasteiger partial charge >= 0.3 is 0 Å². The minimum Gasteiger partial charge on any atom is -0.411 e. The Bertz CT molecular complexity index is 379. The van der Waals surface area contributed by atoms with Crippen LogP contribution in [0.15, 0.2) is 23.6 Å². The second kappa shape index (κ2) is 5.72. The molecule has 0 saturated carbocycles. The van der Waals surface area contributed by atoms with Crippen molar-refractivity contribution in [3.63, 3.8) is 0 Å². The lowest BCUT2D eigenvalue weighted by atomic mass is 9.93. The van der Waals surface area contributed by atoms with Crippen LogP contribution in [0, 0.1) is 5.92 Å². The highest BCUT2D eigenvalue weighted by atomic mass is 16.4. The number of oxime groups is 1. The Kier molecular flexibility index (Phi) is 4.03. The molecule has 17 heavy (non-hydrogen) atoms. The average molecular weight is 234 g/mol. The van der Waals surface area contributed by atoms with Gasteiger partial charge in [-0.3, -0.25) is 4.90 Å². The third-order valence-corrected chi connectivity index (χ3v) is 3.24. The van der Waals surface area contributed by atoms with E-state index in [4.69, 9.17) is 5.21 Å². The number of hydrogen-bond acceptors (Lipinski definition) is 5.